The largest absolute Gasteiger partial charge is 0.389 e. The molecule has 0 bridgehead atoms. The number of aliphatic hydroxyl groups is 1. The maximum Gasteiger partial charge on any atom is 0.142 e. The van der Waals surface area contributed by atoms with E-state index >= 15 is 0 Å². The molecule has 4 heteroatoms. The van der Waals surface area contributed by atoms with Crippen molar-refractivity contribution in [3.05, 3.63) is 34.6 Å². The van der Waals surface area contributed by atoms with Crippen LogP contribution in [0.25, 0.3) is 0 Å². The van der Waals surface area contributed by atoms with E-state index in [2.05, 4.69) is 6.92 Å². The van der Waals surface area contributed by atoms with Crippen molar-refractivity contribution >= 4 is 23.4 Å². The first kappa shape index (κ1) is 12.2. The third-order valence-corrected chi connectivity index (χ3v) is 4.57. The molecule has 16 heavy (non-hydrogen) atoms. The molecule has 0 radical (unpaired) electrons. The zero-order chi connectivity index (χ0) is 11.8. The van der Waals surface area contributed by atoms with E-state index in [1.807, 2.05) is 0 Å². The summed E-state index contributed by atoms with van der Waals surface area (Å²) in [6.45, 7) is 2.10. The summed E-state index contributed by atoms with van der Waals surface area (Å²) in [4.78, 5) is 0. The molecule has 1 aliphatic heterocycles. The van der Waals surface area contributed by atoms with Gasteiger partial charge >= 0.3 is 0 Å². The first-order chi connectivity index (χ1) is 7.48. The van der Waals surface area contributed by atoms with E-state index in [1.54, 1.807) is 23.9 Å². The number of benzene rings is 1. The summed E-state index contributed by atoms with van der Waals surface area (Å²) < 4.78 is 13.2. The highest BCUT2D eigenvalue weighted by Gasteiger charge is 2.35. The lowest BCUT2D eigenvalue weighted by atomic mass is 9.92. The second-order valence-corrected chi connectivity index (χ2v) is 6.31. The fourth-order valence-corrected chi connectivity index (χ4v) is 3.46. The summed E-state index contributed by atoms with van der Waals surface area (Å²) >= 11 is 7.37. The van der Waals surface area contributed by atoms with Gasteiger partial charge in [-0.3, -0.25) is 0 Å². The molecule has 1 nitrogen and oxygen atoms in total. The highest BCUT2D eigenvalue weighted by Crippen LogP contribution is 2.36. The lowest BCUT2D eigenvalue weighted by molar-refractivity contribution is 0.0642. The van der Waals surface area contributed by atoms with Crippen molar-refractivity contribution in [3.8, 4) is 0 Å². The quantitative estimate of drug-likeness (QED) is 0.881. The van der Waals surface area contributed by atoms with Gasteiger partial charge in [-0.1, -0.05) is 24.6 Å². The molecular weight excluding hydrogens is 247 g/mol. The van der Waals surface area contributed by atoms with E-state index in [9.17, 15) is 9.50 Å². The van der Waals surface area contributed by atoms with Crippen molar-refractivity contribution in [1.29, 1.82) is 0 Å². The molecule has 2 unspecified atom stereocenters. The van der Waals surface area contributed by atoms with Crippen LogP contribution in [0.1, 0.15) is 18.9 Å². The van der Waals surface area contributed by atoms with E-state index in [0.717, 1.165) is 17.7 Å². The Labute approximate surface area is 104 Å². The molecular formula is C12H14ClFOS. The van der Waals surface area contributed by atoms with Gasteiger partial charge in [0.05, 0.1) is 10.6 Å². The molecule has 1 aliphatic rings. The van der Waals surface area contributed by atoms with Gasteiger partial charge in [0, 0.05) is 17.4 Å². The van der Waals surface area contributed by atoms with Crippen LogP contribution in [0.4, 0.5) is 4.39 Å². The first-order valence-corrected chi connectivity index (χ1v) is 6.69. The summed E-state index contributed by atoms with van der Waals surface area (Å²) in [5.74, 6) is 0.305. The van der Waals surface area contributed by atoms with Crippen LogP contribution in [0.3, 0.4) is 0 Å². The third kappa shape index (κ3) is 2.70. The molecule has 1 fully saturated rings. The minimum Gasteiger partial charge on any atom is -0.389 e. The molecule has 1 aromatic carbocycles. The number of rotatable bonds is 2. The van der Waals surface area contributed by atoms with Crippen LogP contribution in [0, 0.1) is 5.82 Å². The Morgan fingerprint density at radius 1 is 1.62 bits per heavy atom. The van der Waals surface area contributed by atoms with Crippen LogP contribution in [0.2, 0.25) is 5.02 Å². The smallest absolute Gasteiger partial charge is 0.142 e. The topological polar surface area (TPSA) is 20.2 Å². The van der Waals surface area contributed by atoms with Crippen molar-refractivity contribution in [2.45, 2.75) is 30.6 Å². The predicted octanol–water partition coefficient (Wildman–Crippen LogP) is 3.28. The van der Waals surface area contributed by atoms with Crippen molar-refractivity contribution in [2.75, 3.05) is 5.75 Å². The lowest BCUT2D eigenvalue weighted by Gasteiger charge is -2.21. The minimum absolute atomic E-state index is 0.130. The summed E-state index contributed by atoms with van der Waals surface area (Å²) in [7, 11) is 0. The second kappa shape index (κ2) is 4.55. The average molecular weight is 261 g/mol. The van der Waals surface area contributed by atoms with Gasteiger partial charge in [-0.15, -0.1) is 0 Å². The summed E-state index contributed by atoms with van der Waals surface area (Å²) in [6.07, 6.45) is 1.26. The molecule has 2 atom stereocenters. The summed E-state index contributed by atoms with van der Waals surface area (Å²) in [6, 6.07) is 4.73. The monoisotopic (exact) mass is 260 g/mol. The van der Waals surface area contributed by atoms with Gasteiger partial charge in [0.2, 0.25) is 0 Å². The average Bonchev–Trinajstić information content (AvgIpc) is 2.52. The van der Waals surface area contributed by atoms with Gasteiger partial charge in [0.1, 0.15) is 5.82 Å². The van der Waals surface area contributed by atoms with Crippen LogP contribution in [0.15, 0.2) is 18.2 Å². The molecule has 0 aliphatic carbocycles. The van der Waals surface area contributed by atoms with Crippen LogP contribution < -0.4 is 0 Å². The molecule has 0 amide bonds. The molecule has 2 rings (SSSR count). The number of halogens is 2. The van der Waals surface area contributed by atoms with Crippen molar-refractivity contribution in [2.24, 2.45) is 0 Å². The molecule has 1 N–H and O–H groups in total. The minimum atomic E-state index is -0.690. The Morgan fingerprint density at radius 2 is 2.38 bits per heavy atom. The Hall–Kier alpha value is -0.250. The van der Waals surface area contributed by atoms with E-state index < -0.39 is 11.4 Å². The maximum absolute atomic E-state index is 13.2. The highest BCUT2D eigenvalue weighted by atomic mass is 35.5. The van der Waals surface area contributed by atoms with E-state index in [1.165, 1.54) is 6.07 Å². The van der Waals surface area contributed by atoms with Crippen LogP contribution in [-0.2, 0) is 6.42 Å². The van der Waals surface area contributed by atoms with Crippen molar-refractivity contribution in [3.63, 3.8) is 0 Å². The van der Waals surface area contributed by atoms with E-state index in [4.69, 9.17) is 11.6 Å². The Kier molecular flexibility index (Phi) is 3.48. The van der Waals surface area contributed by atoms with Crippen molar-refractivity contribution < 1.29 is 9.50 Å². The standard InChI is InChI=1S/C12H14ClFOS/c1-8-5-12(15,7-16-8)6-9-2-3-10(13)11(14)4-9/h2-4,8,15H,5-7H2,1H3. The van der Waals surface area contributed by atoms with Gasteiger partial charge in [-0.25, -0.2) is 4.39 Å². The normalized spacial score (nSPS) is 29.6. The molecule has 0 saturated carbocycles. The lowest BCUT2D eigenvalue weighted by Crippen LogP contribution is -2.31. The summed E-state index contributed by atoms with van der Waals surface area (Å²) in [5.41, 5.74) is 0.115. The fourth-order valence-electron chi connectivity index (χ4n) is 2.10. The molecule has 88 valence electrons. The van der Waals surface area contributed by atoms with E-state index in [0.29, 0.717) is 11.7 Å². The summed E-state index contributed by atoms with van der Waals surface area (Å²) in [5, 5.41) is 10.9. The predicted molar refractivity (Wildman–Crippen MR) is 66.6 cm³/mol. The van der Waals surface area contributed by atoms with Crippen molar-refractivity contribution in [1.82, 2.24) is 0 Å². The first-order valence-electron chi connectivity index (χ1n) is 5.26. The Morgan fingerprint density at radius 3 is 2.94 bits per heavy atom. The number of hydrogen-bond acceptors (Lipinski definition) is 2. The Bertz CT molecular complexity index is 399. The molecule has 1 saturated heterocycles. The zero-order valence-corrected chi connectivity index (χ0v) is 10.6. The van der Waals surface area contributed by atoms with Gasteiger partial charge in [-0.2, -0.15) is 11.8 Å². The van der Waals surface area contributed by atoms with E-state index in [-0.39, 0.29) is 5.02 Å². The van der Waals surface area contributed by atoms with Crippen LogP contribution >= 0.6 is 23.4 Å². The third-order valence-electron chi connectivity index (χ3n) is 2.82. The van der Waals surface area contributed by atoms with Crippen LogP contribution in [-0.4, -0.2) is 21.7 Å². The highest BCUT2D eigenvalue weighted by molar-refractivity contribution is 8.00. The Balaban J connectivity index is 2.12. The molecule has 0 aromatic heterocycles. The fraction of sp³-hybridized carbons (Fsp3) is 0.500. The maximum atomic E-state index is 13.2. The molecule has 0 spiro atoms. The van der Waals surface area contributed by atoms with Gasteiger partial charge in [0.15, 0.2) is 0 Å². The molecule has 1 aromatic rings. The zero-order valence-electron chi connectivity index (χ0n) is 9.04. The molecule has 1 heterocycles. The SMILES string of the molecule is CC1CC(O)(Cc2ccc(Cl)c(F)c2)CS1. The van der Waals surface area contributed by atoms with Crippen LogP contribution in [0.5, 0.6) is 0 Å². The second-order valence-electron chi connectivity index (χ2n) is 4.48. The number of hydrogen-bond donors (Lipinski definition) is 1. The van der Waals surface area contributed by atoms with Gasteiger partial charge in [0.25, 0.3) is 0 Å². The number of thioether (sulfide) groups is 1. The van der Waals surface area contributed by atoms with Gasteiger partial charge in [-0.05, 0) is 24.1 Å². The van der Waals surface area contributed by atoms with Gasteiger partial charge < -0.3 is 5.11 Å².